The fourth-order valence-electron chi connectivity index (χ4n) is 2.70. The van der Waals surface area contributed by atoms with Gasteiger partial charge in [0, 0.05) is 12.3 Å². The number of carbonyl (C=O) groups excluding carboxylic acids is 1. The van der Waals surface area contributed by atoms with Gasteiger partial charge in [-0.3, -0.25) is 4.79 Å². The standard InChI is InChI=1S/C13H15NO2/c1-9-7-12(15)14-11(8-16-13(9)14)10-5-3-2-4-6-10/h2-6,9,11,13H,7-8H2,1H3/t9-,11+,13+/m0/s1. The maximum absolute atomic E-state index is 11.9. The van der Waals surface area contributed by atoms with Crippen LogP contribution in [0.1, 0.15) is 24.9 Å². The van der Waals surface area contributed by atoms with Gasteiger partial charge in [-0.05, 0) is 5.56 Å². The number of carbonyl (C=O) groups is 1. The fraction of sp³-hybridized carbons (Fsp3) is 0.462. The predicted molar refractivity (Wildman–Crippen MR) is 59.6 cm³/mol. The zero-order valence-corrected chi connectivity index (χ0v) is 9.30. The SMILES string of the molecule is C[C@H]1CC(=O)N2[C@@H](c3ccccc3)CO[C@H]12. The first kappa shape index (κ1) is 9.85. The first-order valence-corrected chi connectivity index (χ1v) is 5.75. The maximum atomic E-state index is 11.9. The van der Waals surface area contributed by atoms with Crippen molar-refractivity contribution in [3.8, 4) is 0 Å². The van der Waals surface area contributed by atoms with Gasteiger partial charge >= 0.3 is 0 Å². The molecule has 2 aliphatic heterocycles. The fourth-order valence-corrected chi connectivity index (χ4v) is 2.70. The number of nitrogens with zero attached hydrogens (tertiary/aromatic N) is 1. The molecule has 1 aromatic carbocycles. The molecule has 0 aliphatic carbocycles. The van der Waals surface area contributed by atoms with Crippen LogP contribution in [0.3, 0.4) is 0 Å². The highest BCUT2D eigenvalue weighted by atomic mass is 16.5. The van der Waals surface area contributed by atoms with Gasteiger partial charge in [0.15, 0.2) is 0 Å². The molecule has 3 nitrogen and oxygen atoms in total. The molecule has 16 heavy (non-hydrogen) atoms. The number of rotatable bonds is 1. The van der Waals surface area contributed by atoms with Gasteiger partial charge in [0.25, 0.3) is 0 Å². The second-order valence-corrected chi connectivity index (χ2v) is 4.63. The van der Waals surface area contributed by atoms with E-state index in [2.05, 4.69) is 19.1 Å². The van der Waals surface area contributed by atoms with Crippen LogP contribution in [0, 0.1) is 5.92 Å². The van der Waals surface area contributed by atoms with E-state index >= 15 is 0 Å². The summed E-state index contributed by atoms with van der Waals surface area (Å²) in [4.78, 5) is 13.8. The minimum absolute atomic E-state index is 0.00212. The molecule has 84 valence electrons. The Kier molecular flexibility index (Phi) is 2.21. The lowest BCUT2D eigenvalue weighted by atomic mass is 10.1. The Hall–Kier alpha value is -1.35. The van der Waals surface area contributed by atoms with Gasteiger partial charge in [-0.25, -0.2) is 0 Å². The number of benzene rings is 1. The molecule has 2 aliphatic rings. The summed E-state index contributed by atoms with van der Waals surface area (Å²) in [5, 5.41) is 0. The van der Waals surface area contributed by atoms with E-state index in [1.54, 1.807) is 0 Å². The number of fused-ring (bicyclic) bond motifs is 1. The van der Waals surface area contributed by atoms with E-state index < -0.39 is 0 Å². The summed E-state index contributed by atoms with van der Waals surface area (Å²) in [6.45, 7) is 2.71. The largest absolute Gasteiger partial charge is 0.355 e. The molecular weight excluding hydrogens is 202 g/mol. The monoisotopic (exact) mass is 217 g/mol. The summed E-state index contributed by atoms with van der Waals surface area (Å²) in [5.74, 6) is 0.546. The summed E-state index contributed by atoms with van der Waals surface area (Å²) in [6.07, 6.45) is 0.617. The van der Waals surface area contributed by atoms with Gasteiger partial charge in [-0.15, -0.1) is 0 Å². The van der Waals surface area contributed by atoms with Crippen LogP contribution < -0.4 is 0 Å². The van der Waals surface area contributed by atoms with Crippen molar-refractivity contribution in [1.29, 1.82) is 0 Å². The predicted octanol–water partition coefficient (Wildman–Crippen LogP) is 1.95. The molecule has 0 saturated carbocycles. The molecule has 0 spiro atoms. The Bertz CT molecular complexity index is 404. The lowest BCUT2D eigenvalue weighted by Crippen LogP contribution is -2.31. The van der Waals surface area contributed by atoms with E-state index in [9.17, 15) is 4.79 Å². The average Bonchev–Trinajstić information content (AvgIpc) is 2.84. The van der Waals surface area contributed by atoms with Crippen molar-refractivity contribution in [2.24, 2.45) is 5.92 Å². The topological polar surface area (TPSA) is 29.5 Å². The van der Waals surface area contributed by atoms with Crippen molar-refractivity contribution in [2.45, 2.75) is 25.6 Å². The smallest absolute Gasteiger partial charge is 0.225 e. The van der Waals surface area contributed by atoms with E-state index in [1.165, 1.54) is 5.56 Å². The highest BCUT2D eigenvalue weighted by Gasteiger charge is 2.46. The summed E-state index contributed by atoms with van der Waals surface area (Å²) >= 11 is 0. The summed E-state index contributed by atoms with van der Waals surface area (Å²) in [7, 11) is 0. The number of amides is 1. The third-order valence-electron chi connectivity index (χ3n) is 3.49. The molecule has 0 aromatic heterocycles. The van der Waals surface area contributed by atoms with E-state index in [4.69, 9.17) is 4.74 Å². The highest BCUT2D eigenvalue weighted by Crippen LogP contribution is 2.39. The van der Waals surface area contributed by atoms with Crippen LogP contribution in [-0.4, -0.2) is 23.6 Å². The Balaban J connectivity index is 1.92. The normalized spacial score (nSPS) is 33.2. The lowest BCUT2D eigenvalue weighted by molar-refractivity contribution is -0.131. The van der Waals surface area contributed by atoms with Crippen LogP contribution in [0.4, 0.5) is 0 Å². The second-order valence-electron chi connectivity index (χ2n) is 4.63. The van der Waals surface area contributed by atoms with E-state index in [0.29, 0.717) is 18.9 Å². The maximum Gasteiger partial charge on any atom is 0.225 e. The second kappa shape index (κ2) is 3.59. The first-order chi connectivity index (χ1) is 7.77. The molecule has 2 fully saturated rings. The molecule has 3 atom stereocenters. The summed E-state index contributed by atoms with van der Waals surface area (Å²) in [5.41, 5.74) is 1.17. The molecule has 3 heteroatoms. The zero-order valence-electron chi connectivity index (χ0n) is 9.30. The molecule has 2 heterocycles. The van der Waals surface area contributed by atoms with Gasteiger partial charge in [0.1, 0.15) is 6.23 Å². The lowest BCUT2D eigenvalue weighted by Gasteiger charge is -2.22. The Morgan fingerprint density at radius 2 is 2.06 bits per heavy atom. The molecule has 0 radical (unpaired) electrons. The van der Waals surface area contributed by atoms with Crippen LogP contribution in [0.15, 0.2) is 30.3 Å². The van der Waals surface area contributed by atoms with Crippen molar-refractivity contribution >= 4 is 5.91 Å². The first-order valence-electron chi connectivity index (χ1n) is 5.75. The van der Waals surface area contributed by atoms with Crippen LogP contribution in [-0.2, 0) is 9.53 Å². The van der Waals surface area contributed by atoms with Crippen LogP contribution in [0.5, 0.6) is 0 Å². The van der Waals surface area contributed by atoms with Crippen molar-refractivity contribution in [1.82, 2.24) is 4.90 Å². The van der Waals surface area contributed by atoms with Crippen molar-refractivity contribution in [2.75, 3.05) is 6.61 Å². The van der Waals surface area contributed by atoms with Crippen molar-refractivity contribution in [3.05, 3.63) is 35.9 Å². The van der Waals surface area contributed by atoms with E-state index in [1.807, 2.05) is 23.1 Å². The van der Waals surface area contributed by atoms with Crippen LogP contribution in [0.2, 0.25) is 0 Å². The number of hydrogen-bond donors (Lipinski definition) is 0. The minimum atomic E-state index is -0.00212. The molecule has 3 rings (SSSR count). The van der Waals surface area contributed by atoms with Gasteiger partial charge in [-0.1, -0.05) is 37.3 Å². The van der Waals surface area contributed by atoms with Gasteiger partial charge in [0.05, 0.1) is 12.6 Å². The van der Waals surface area contributed by atoms with E-state index in [-0.39, 0.29) is 18.2 Å². The summed E-state index contributed by atoms with van der Waals surface area (Å²) < 4.78 is 5.73. The molecule has 0 unspecified atom stereocenters. The minimum Gasteiger partial charge on any atom is -0.355 e. The Morgan fingerprint density at radius 3 is 2.81 bits per heavy atom. The van der Waals surface area contributed by atoms with Crippen molar-refractivity contribution < 1.29 is 9.53 Å². The van der Waals surface area contributed by atoms with E-state index in [0.717, 1.165) is 0 Å². The molecule has 2 saturated heterocycles. The third kappa shape index (κ3) is 1.35. The molecule has 0 N–H and O–H groups in total. The quantitative estimate of drug-likeness (QED) is 0.719. The number of hydrogen-bond acceptors (Lipinski definition) is 2. The van der Waals surface area contributed by atoms with Gasteiger partial charge in [-0.2, -0.15) is 0 Å². The zero-order chi connectivity index (χ0) is 11.1. The third-order valence-corrected chi connectivity index (χ3v) is 3.49. The molecule has 1 aromatic rings. The molecule has 1 amide bonds. The van der Waals surface area contributed by atoms with Crippen LogP contribution in [0.25, 0.3) is 0 Å². The average molecular weight is 217 g/mol. The van der Waals surface area contributed by atoms with Gasteiger partial charge in [0.2, 0.25) is 5.91 Å². The Labute approximate surface area is 95.0 Å². The van der Waals surface area contributed by atoms with Crippen molar-refractivity contribution in [3.63, 3.8) is 0 Å². The number of ether oxygens (including phenoxy) is 1. The molecular formula is C13H15NO2. The highest BCUT2D eigenvalue weighted by molar-refractivity contribution is 5.79. The Morgan fingerprint density at radius 1 is 1.31 bits per heavy atom. The molecule has 0 bridgehead atoms. The van der Waals surface area contributed by atoms with Gasteiger partial charge < -0.3 is 9.64 Å². The van der Waals surface area contributed by atoms with Crippen LogP contribution >= 0.6 is 0 Å². The summed E-state index contributed by atoms with van der Waals surface area (Å²) in [6, 6.07) is 10.2.